The van der Waals surface area contributed by atoms with Crippen molar-refractivity contribution >= 4 is 65.9 Å². The third kappa shape index (κ3) is 22.9. The number of hydrogen-bond donors (Lipinski definition) is 2. The Morgan fingerprint density at radius 1 is 0.438 bits per heavy atom. The summed E-state index contributed by atoms with van der Waals surface area (Å²) in [5, 5.41) is 6.36. The number of carbonyl (C=O) groups excluding carboxylic acids is 2. The van der Waals surface area contributed by atoms with Crippen LogP contribution in [0.3, 0.4) is 0 Å². The molecule has 0 atom stereocenters. The Balaban J connectivity index is 0. The molecule has 5 aromatic rings. The standard InChI is InChI=1S/C13H13N.2C9H10O.C7H9N.2C2H6.I2/c1-11-7-9-13(10-8-11)14-12-5-3-2-4-6-12;2*1-7-3-5-9(6-4-7)8(2)10;1-8-7-5-3-2-4-6-7;3*1-2/h2-10,14H,1H3;2*3-6H,1-2H3;2-6,8H,1H3;2*1-2H3;. The van der Waals surface area contributed by atoms with Crippen molar-refractivity contribution in [3.63, 3.8) is 0 Å². The third-order valence-corrected chi connectivity index (χ3v) is 6.09. The first kappa shape index (κ1) is 46.6. The van der Waals surface area contributed by atoms with Crippen LogP contribution in [0.2, 0.25) is 0 Å². The van der Waals surface area contributed by atoms with Gasteiger partial charge in [0.05, 0.1) is 0 Å². The Hall–Kier alpha value is -3.50. The highest BCUT2D eigenvalue weighted by molar-refractivity contribution is 15.0. The van der Waals surface area contributed by atoms with E-state index in [-0.39, 0.29) is 11.6 Å². The number of nitrogens with one attached hydrogen (secondary N) is 2. The molecule has 0 aliphatic heterocycles. The van der Waals surface area contributed by atoms with Gasteiger partial charge in [0.25, 0.3) is 0 Å². The van der Waals surface area contributed by atoms with Gasteiger partial charge in [-0.1, -0.05) is 141 Å². The number of hydrogen-bond acceptors (Lipinski definition) is 4. The van der Waals surface area contributed by atoms with Crippen LogP contribution >= 0.6 is 37.2 Å². The van der Waals surface area contributed by atoms with Crippen LogP contribution < -0.4 is 10.6 Å². The monoisotopic (exact) mass is 872 g/mol. The van der Waals surface area contributed by atoms with E-state index in [1.54, 1.807) is 13.8 Å². The molecule has 0 fully saturated rings. The number of benzene rings is 5. The van der Waals surface area contributed by atoms with Crippen LogP contribution in [0.15, 0.2) is 133 Å². The van der Waals surface area contributed by atoms with Crippen LogP contribution in [0.5, 0.6) is 0 Å². The highest BCUT2D eigenvalue weighted by Crippen LogP contribution is 2.16. The molecule has 0 aliphatic carbocycles. The smallest absolute Gasteiger partial charge is 0.159 e. The minimum Gasteiger partial charge on any atom is -0.388 e. The summed E-state index contributed by atoms with van der Waals surface area (Å²) in [5.41, 5.74) is 8.63. The van der Waals surface area contributed by atoms with Gasteiger partial charge in [-0.15, -0.1) is 0 Å². The highest BCUT2D eigenvalue weighted by Gasteiger charge is 1.96. The van der Waals surface area contributed by atoms with Crippen LogP contribution in [-0.2, 0) is 0 Å². The van der Waals surface area contributed by atoms with Crippen LogP contribution in [0.4, 0.5) is 17.1 Å². The first-order chi connectivity index (χ1) is 23.2. The van der Waals surface area contributed by atoms with Crippen molar-refractivity contribution in [2.45, 2.75) is 62.3 Å². The van der Waals surface area contributed by atoms with Crippen molar-refractivity contribution in [2.24, 2.45) is 0 Å². The number of Topliss-reactive ketones (excluding diaryl/α,β-unsaturated/α-hetero) is 2. The van der Waals surface area contributed by atoms with Gasteiger partial charge >= 0.3 is 0 Å². The van der Waals surface area contributed by atoms with E-state index in [4.69, 9.17) is 0 Å². The fraction of sp³-hybridized carbons (Fsp3) is 0.238. The maximum absolute atomic E-state index is 10.8. The molecule has 0 bridgehead atoms. The van der Waals surface area contributed by atoms with Gasteiger partial charge in [-0.05, 0) is 71.0 Å². The molecular weight excluding hydrogens is 818 g/mol. The van der Waals surface area contributed by atoms with Crippen LogP contribution in [0.1, 0.15) is 78.9 Å². The first-order valence-electron chi connectivity index (χ1n) is 16.1. The predicted octanol–water partition coefficient (Wildman–Crippen LogP) is 13.7. The zero-order valence-corrected chi connectivity index (χ0v) is 34.6. The predicted molar refractivity (Wildman–Crippen MR) is 230 cm³/mol. The van der Waals surface area contributed by atoms with E-state index in [0.717, 1.165) is 28.2 Å². The fourth-order valence-corrected chi connectivity index (χ4v) is 3.51. The lowest BCUT2D eigenvalue weighted by Crippen LogP contribution is -1.90. The van der Waals surface area contributed by atoms with E-state index in [1.165, 1.54) is 16.7 Å². The normalized spacial score (nSPS) is 8.58. The van der Waals surface area contributed by atoms with Gasteiger partial charge in [-0.2, -0.15) is 0 Å². The van der Waals surface area contributed by atoms with Gasteiger partial charge in [-0.25, -0.2) is 0 Å². The minimum atomic E-state index is 0.125. The molecule has 5 rings (SSSR count). The summed E-state index contributed by atoms with van der Waals surface area (Å²) in [7, 11) is 1.91. The SMILES string of the molecule is CC.CC.CC(=O)c1ccc(C)cc1.CC(=O)c1ccc(C)cc1.CNc1ccccc1.Cc1ccc(Nc2ccccc2)cc1.II. The summed E-state index contributed by atoms with van der Waals surface area (Å²) >= 11 is 4.24. The van der Waals surface area contributed by atoms with E-state index in [1.807, 2.05) is 146 Å². The molecule has 0 aromatic heterocycles. The van der Waals surface area contributed by atoms with Crippen LogP contribution in [-0.4, -0.2) is 18.6 Å². The van der Waals surface area contributed by atoms with Gasteiger partial charge in [0, 0.05) is 72.5 Å². The summed E-state index contributed by atoms with van der Waals surface area (Å²) in [6, 6.07) is 43.8. The minimum absolute atomic E-state index is 0.125. The quantitative estimate of drug-likeness (QED) is 0.136. The zero-order chi connectivity index (χ0) is 36.7. The van der Waals surface area contributed by atoms with Gasteiger partial charge in [0.2, 0.25) is 0 Å². The molecule has 6 heteroatoms. The van der Waals surface area contributed by atoms with E-state index in [9.17, 15) is 9.59 Å². The lowest BCUT2D eigenvalue weighted by atomic mass is 10.1. The lowest BCUT2D eigenvalue weighted by molar-refractivity contribution is 0.100. The largest absolute Gasteiger partial charge is 0.388 e. The number of para-hydroxylation sites is 2. The summed E-state index contributed by atoms with van der Waals surface area (Å²) in [6.07, 6.45) is 0. The topological polar surface area (TPSA) is 58.2 Å². The Morgan fingerprint density at radius 3 is 0.979 bits per heavy atom. The molecule has 0 saturated heterocycles. The van der Waals surface area contributed by atoms with E-state index in [2.05, 4.69) is 91.2 Å². The van der Waals surface area contributed by atoms with Gasteiger partial charge < -0.3 is 10.6 Å². The van der Waals surface area contributed by atoms with Crippen molar-refractivity contribution in [3.8, 4) is 0 Å². The maximum Gasteiger partial charge on any atom is 0.159 e. The number of rotatable bonds is 5. The second-order valence-electron chi connectivity index (χ2n) is 9.82. The molecule has 0 saturated carbocycles. The number of carbonyl (C=O) groups is 2. The van der Waals surface area contributed by atoms with E-state index < -0.39 is 0 Å². The van der Waals surface area contributed by atoms with Crippen molar-refractivity contribution in [3.05, 3.63) is 161 Å². The summed E-state index contributed by atoms with van der Waals surface area (Å²) in [4.78, 5) is 21.5. The average molecular weight is 873 g/mol. The molecule has 0 amide bonds. The number of ketones is 2. The van der Waals surface area contributed by atoms with Crippen molar-refractivity contribution < 1.29 is 9.59 Å². The molecule has 5 aromatic carbocycles. The Labute approximate surface area is 314 Å². The molecule has 4 nitrogen and oxygen atoms in total. The molecular formula is C42H54I2N2O2. The Kier molecular flexibility index (Phi) is 29.9. The summed E-state index contributed by atoms with van der Waals surface area (Å²) < 4.78 is 0. The maximum atomic E-state index is 10.8. The molecule has 0 aliphatic rings. The van der Waals surface area contributed by atoms with Gasteiger partial charge in [0.15, 0.2) is 11.6 Å². The van der Waals surface area contributed by atoms with Crippen LogP contribution in [0.25, 0.3) is 0 Å². The number of anilines is 3. The fourth-order valence-electron chi connectivity index (χ4n) is 3.51. The van der Waals surface area contributed by atoms with E-state index in [0.29, 0.717) is 0 Å². The molecule has 2 N–H and O–H groups in total. The molecule has 0 spiro atoms. The molecule has 48 heavy (non-hydrogen) atoms. The molecule has 258 valence electrons. The Bertz CT molecular complexity index is 1420. The van der Waals surface area contributed by atoms with Crippen molar-refractivity contribution in [2.75, 3.05) is 17.7 Å². The van der Waals surface area contributed by atoms with Gasteiger partial charge in [0.1, 0.15) is 0 Å². The molecule has 0 heterocycles. The Morgan fingerprint density at radius 2 is 0.708 bits per heavy atom. The average Bonchev–Trinajstić information content (AvgIpc) is 3.14. The highest BCUT2D eigenvalue weighted by atomic mass is 128. The van der Waals surface area contributed by atoms with E-state index >= 15 is 0 Å². The van der Waals surface area contributed by atoms with Gasteiger partial charge in [-0.3, -0.25) is 9.59 Å². The molecule has 0 radical (unpaired) electrons. The second-order valence-corrected chi connectivity index (χ2v) is 9.82. The first-order valence-corrected chi connectivity index (χ1v) is 22.4. The van der Waals surface area contributed by atoms with Crippen LogP contribution in [0, 0.1) is 20.8 Å². The molecule has 0 unspecified atom stereocenters. The van der Waals surface area contributed by atoms with Crippen molar-refractivity contribution in [1.29, 1.82) is 0 Å². The lowest BCUT2D eigenvalue weighted by Gasteiger charge is -2.05. The second kappa shape index (κ2) is 30.8. The summed E-state index contributed by atoms with van der Waals surface area (Å²) in [6.45, 7) is 17.2. The zero-order valence-electron chi connectivity index (χ0n) is 30.3. The van der Waals surface area contributed by atoms with Crippen molar-refractivity contribution in [1.82, 2.24) is 0 Å². The third-order valence-electron chi connectivity index (χ3n) is 6.09. The number of halogens is 2. The number of aryl methyl sites for hydroxylation is 3. The summed E-state index contributed by atoms with van der Waals surface area (Å²) in [5.74, 6) is 0.250.